The highest BCUT2D eigenvalue weighted by Crippen LogP contribution is 2.44. The summed E-state index contributed by atoms with van der Waals surface area (Å²) in [5.41, 5.74) is 8.21. The van der Waals surface area contributed by atoms with Crippen molar-refractivity contribution in [3.8, 4) is 0 Å². The summed E-state index contributed by atoms with van der Waals surface area (Å²) in [4.78, 5) is 12.2. The Morgan fingerprint density at radius 3 is 2.78 bits per heavy atom. The first-order valence-corrected chi connectivity index (χ1v) is 6.80. The molecule has 3 N–H and O–H groups in total. The summed E-state index contributed by atoms with van der Waals surface area (Å²) >= 11 is 0. The van der Waals surface area contributed by atoms with E-state index in [4.69, 9.17) is 5.73 Å². The number of nitrogen functional groups attached to an aromatic ring is 1. The van der Waals surface area contributed by atoms with Crippen molar-refractivity contribution in [2.75, 3.05) is 5.73 Å². The highest BCUT2D eigenvalue weighted by Gasteiger charge is 2.40. The second kappa shape index (κ2) is 4.30. The van der Waals surface area contributed by atoms with E-state index in [2.05, 4.69) is 5.32 Å². The van der Waals surface area contributed by atoms with E-state index in [1.165, 1.54) is 25.7 Å². The first-order chi connectivity index (χ1) is 8.63. The van der Waals surface area contributed by atoms with Crippen LogP contribution in [0.5, 0.6) is 0 Å². The fourth-order valence-corrected chi connectivity index (χ4v) is 3.49. The SMILES string of the molecule is Cc1cc(C(=O)NC2CC3CCC2C3)ccc1N. The lowest BCUT2D eigenvalue weighted by Gasteiger charge is -2.23. The van der Waals surface area contributed by atoms with Gasteiger partial charge in [0.25, 0.3) is 5.91 Å². The Morgan fingerprint density at radius 2 is 2.17 bits per heavy atom. The third-order valence-electron chi connectivity index (χ3n) is 4.59. The molecule has 3 atom stereocenters. The number of nitrogens with one attached hydrogen (secondary N) is 1. The summed E-state index contributed by atoms with van der Waals surface area (Å²) in [7, 11) is 0. The van der Waals surface area contributed by atoms with Crippen LogP contribution < -0.4 is 11.1 Å². The van der Waals surface area contributed by atoms with Crippen LogP contribution in [0.25, 0.3) is 0 Å². The van der Waals surface area contributed by atoms with Crippen LogP contribution in [0, 0.1) is 18.8 Å². The average Bonchev–Trinajstić information content (AvgIpc) is 2.94. The topological polar surface area (TPSA) is 55.1 Å². The average molecular weight is 244 g/mol. The summed E-state index contributed by atoms with van der Waals surface area (Å²) in [6, 6.07) is 5.89. The van der Waals surface area contributed by atoms with Gasteiger partial charge >= 0.3 is 0 Å². The van der Waals surface area contributed by atoms with Crippen molar-refractivity contribution in [2.45, 2.75) is 38.6 Å². The largest absolute Gasteiger partial charge is 0.399 e. The highest BCUT2D eigenvalue weighted by molar-refractivity contribution is 5.95. The van der Waals surface area contributed by atoms with Gasteiger partial charge in [-0.25, -0.2) is 0 Å². The summed E-state index contributed by atoms with van der Waals surface area (Å²) in [5, 5.41) is 3.19. The molecule has 0 aromatic heterocycles. The number of hydrogen-bond acceptors (Lipinski definition) is 2. The van der Waals surface area contributed by atoms with Crippen LogP contribution in [-0.4, -0.2) is 11.9 Å². The Kier molecular flexibility index (Phi) is 2.77. The minimum Gasteiger partial charge on any atom is -0.399 e. The monoisotopic (exact) mass is 244 g/mol. The molecule has 3 heteroatoms. The van der Waals surface area contributed by atoms with E-state index >= 15 is 0 Å². The number of anilines is 1. The maximum absolute atomic E-state index is 12.2. The molecule has 3 nitrogen and oxygen atoms in total. The van der Waals surface area contributed by atoms with Gasteiger partial charge in [-0.05, 0) is 61.8 Å². The molecule has 1 aromatic rings. The normalized spacial score (nSPS) is 29.5. The van der Waals surface area contributed by atoms with Gasteiger partial charge in [0.1, 0.15) is 0 Å². The van der Waals surface area contributed by atoms with E-state index in [0.29, 0.717) is 12.0 Å². The standard InChI is InChI=1S/C15H20N2O/c1-9-6-12(4-5-13(9)16)15(18)17-14-8-10-2-3-11(14)7-10/h4-6,10-11,14H,2-3,7-8,16H2,1H3,(H,17,18). The van der Waals surface area contributed by atoms with E-state index in [9.17, 15) is 4.79 Å². The van der Waals surface area contributed by atoms with E-state index < -0.39 is 0 Å². The fraction of sp³-hybridized carbons (Fsp3) is 0.533. The molecule has 2 aliphatic carbocycles. The zero-order chi connectivity index (χ0) is 12.7. The molecular formula is C15H20N2O. The number of fused-ring (bicyclic) bond motifs is 2. The third kappa shape index (κ3) is 1.98. The molecule has 3 rings (SSSR count). The zero-order valence-corrected chi connectivity index (χ0v) is 10.8. The number of hydrogen-bond donors (Lipinski definition) is 2. The van der Waals surface area contributed by atoms with Gasteiger partial charge in [-0.1, -0.05) is 6.42 Å². The van der Waals surface area contributed by atoms with Crippen LogP contribution in [0.4, 0.5) is 5.69 Å². The van der Waals surface area contributed by atoms with Gasteiger partial charge in [0, 0.05) is 17.3 Å². The van der Waals surface area contributed by atoms with Crippen molar-refractivity contribution >= 4 is 11.6 Å². The molecule has 3 unspecified atom stereocenters. The molecule has 0 radical (unpaired) electrons. The molecule has 18 heavy (non-hydrogen) atoms. The predicted octanol–water partition coefficient (Wildman–Crippen LogP) is 2.50. The smallest absolute Gasteiger partial charge is 0.251 e. The number of nitrogens with two attached hydrogens (primary N) is 1. The molecule has 2 bridgehead atoms. The molecule has 0 spiro atoms. The summed E-state index contributed by atoms with van der Waals surface area (Å²) in [5.74, 6) is 1.62. The Hall–Kier alpha value is -1.51. The maximum atomic E-state index is 12.2. The van der Waals surface area contributed by atoms with Crippen LogP contribution in [0.15, 0.2) is 18.2 Å². The Bertz CT molecular complexity index is 483. The minimum atomic E-state index is 0.0515. The second-order valence-electron chi connectivity index (χ2n) is 5.83. The lowest BCUT2D eigenvalue weighted by atomic mass is 9.95. The first-order valence-electron chi connectivity index (χ1n) is 6.80. The second-order valence-corrected chi connectivity index (χ2v) is 5.83. The van der Waals surface area contributed by atoms with Crippen LogP contribution in [0.1, 0.15) is 41.6 Å². The molecule has 1 amide bonds. The Balaban J connectivity index is 1.69. The van der Waals surface area contributed by atoms with Crippen LogP contribution in [0.2, 0.25) is 0 Å². The molecule has 96 valence electrons. The molecule has 1 aromatic carbocycles. The summed E-state index contributed by atoms with van der Waals surface area (Å²) in [6.07, 6.45) is 5.13. The fourth-order valence-electron chi connectivity index (χ4n) is 3.49. The van der Waals surface area contributed by atoms with Gasteiger partial charge in [-0.3, -0.25) is 4.79 Å². The van der Waals surface area contributed by atoms with Crippen molar-refractivity contribution in [3.05, 3.63) is 29.3 Å². The van der Waals surface area contributed by atoms with Gasteiger partial charge in [0.05, 0.1) is 0 Å². The highest BCUT2D eigenvalue weighted by atomic mass is 16.1. The van der Waals surface area contributed by atoms with Crippen molar-refractivity contribution < 1.29 is 4.79 Å². The number of carbonyl (C=O) groups is 1. The Labute approximate surface area is 108 Å². The van der Waals surface area contributed by atoms with Crippen molar-refractivity contribution in [3.63, 3.8) is 0 Å². The zero-order valence-electron chi connectivity index (χ0n) is 10.8. The summed E-state index contributed by atoms with van der Waals surface area (Å²) < 4.78 is 0. The van der Waals surface area contributed by atoms with Crippen molar-refractivity contribution in [1.82, 2.24) is 5.32 Å². The van der Waals surface area contributed by atoms with Gasteiger partial charge in [-0.15, -0.1) is 0 Å². The van der Waals surface area contributed by atoms with E-state index in [1.807, 2.05) is 25.1 Å². The number of rotatable bonds is 2. The van der Waals surface area contributed by atoms with Crippen LogP contribution >= 0.6 is 0 Å². The molecular weight excluding hydrogens is 224 g/mol. The van der Waals surface area contributed by atoms with Crippen molar-refractivity contribution in [2.24, 2.45) is 11.8 Å². The van der Waals surface area contributed by atoms with Gasteiger partial charge in [0.15, 0.2) is 0 Å². The van der Waals surface area contributed by atoms with Crippen LogP contribution in [0.3, 0.4) is 0 Å². The quantitative estimate of drug-likeness (QED) is 0.785. The van der Waals surface area contributed by atoms with Gasteiger partial charge in [0.2, 0.25) is 0 Å². The Morgan fingerprint density at radius 1 is 1.33 bits per heavy atom. The predicted molar refractivity (Wildman–Crippen MR) is 72.3 cm³/mol. The molecule has 0 heterocycles. The lowest BCUT2D eigenvalue weighted by molar-refractivity contribution is 0.0923. The van der Waals surface area contributed by atoms with Crippen molar-refractivity contribution in [1.29, 1.82) is 0 Å². The molecule has 0 aliphatic heterocycles. The van der Waals surface area contributed by atoms with Gasteiger partial charge < -0.3 is 11.1 Å². The number of carbonyl (C=O) groups excluding carboxylic acids is 1. The molecule has 0 saturated heterocycles. The number of benzene rings is 1. The number of aryl methyl sites for hydroxylation is 1. The first kappa shape index (κ1) is 11.6. The van der Waals surface area contributed by atoms with E-state index in [-0.39, 0.29) is 5.91 Å². The lowest BCUT2D eigenvalue weighted by Crippen LogP contribution is -2.38. The maximum Gasteiger partial charge on any atom is 0.251 e. The van der Waals surface area contributed by atoms with E-state index in [1.54, 1.807) is 0 Å². The molecule has 2 aliphatic rings. The van der Waals surface area contributed by atoms with Crippen LogP contribution in [-0.2, 0) is 0 Å². The molecule has 2 fully saturated rings. The van der Waals surface area contributed by atoms with E-state index in [0.717, 1.165) is 22.7 Å². The third-order valence-corrected chi connectivity index (χ3v) is 4.59. The number of amides is 1. The summed E-state index contributed by atoms with van der Waals surface area (Å²) in [6.45, 7) is 1.93. The molecule has 2 saturated carbocycles. The minimum absolute atomic E-state index is 0.0515. The van der Waals surface area contributed by atoms with Gasteiger partial charge in [-0.2, -0.15) is 0 Å².